The van der Waals surface area contributed by atoms with Crippen molar-refractivity contribution in [3.8, 4) is 0 Å². The predicted molar refractivity (Wildman–Crippen MR) is 73.9 cm³/mol. The Bertz CT molecular complexity index is 554. The second-order valence-electron chi connectivity index (χ2n) is 4.76. The van der Waals surface area contributed by atoms with E-state index in [1.165, 1.54) is 10.3 Å². The summed E-state index contributed by atoms with van der Waals surface area (Å²) in [6, 6.07) is 8.42. The molecule has 0 spiro atoms. The number of nitrogens with zero attached hydrogens (tertiary/aromatic N) is 1. The van der Waals surface area contributed by atoms with Crippen molar-refractivity contribution in [2.24, 2.45) is 0 Å². The van der Waals surface area contributed by atoms with E-state index in [9.17, 15) is 4.79 Å². The number of thiophene rings is 1. The van der Waals surface area contributed by atoms with Crippen LogP contribution in [0.4, 0.5) is 0 Å². The van der Waals surface area contributed by atoms with E-state index < -0.39 is 0 Å². The molecule has 2 rings (SSSR count). The molecule has 0 radical (unpaired) electrons. The van der Waals surface area contributed by atoms with E-state index in [0.29, 0.717) is 5.92 Å². The molecule has 1 aromatic heterocycles. The second kappa shape index (κ2) is 4.49. The van der Waals surface area contributed by atoms with Crippen LogP contribution in [0.3, 0.4) is 0 Å². The fourth-order valence-electron chi connectivity index (χ4n) is 1.73. The molecule has 0 atom stereocenters. The minimum atomic E-state index is 0.0808. The summed E-state index contributed by atoms with van der Waals surface area (Å²) >= 11 is 1.57. The second-order valence-corrected chi connectivity index (χ2v) is 5.85. The van der Waals surface area contributed by atoms with Crippen LogP contribution >= 0.6 is 11.3 Å². The number of fused-ring (bicyclic) bond motifs is 1. The third kappa shape index (κ3) is 2.34. The van der Waals surface area contributed by atoms with Crippen LogP contribution in [0.5, 0.6) is 0 Å². The van der Waals surface area contributed by atoms with Gasteiger partial charge in [0.1, 0.15) is 0 Å². The summed E-state index contributed by atoms with van der Waals surface area (Å²) in [6.45, 7) is 4.36. The van der Waals surface area contributed by atoms with Crippen molar-refractivity contribution >= 4 is 27.3 Å². The van der Waals surface area contributed by atoms with Crippen molar-refractivity contribution in [2.75, 3.05) is 14.1 Å². The standard InChI is InChI=1S/C14H17NOS/c1-9(2)10-5-6-11-8-13(14(16)15(3)4)17-12(11)7-10/h5-9H,1-4H3. The van der Waals surface area contributed by atoms with Crippen molar-refractivity contribution in [2.45, 2.75) is 19.8 Å². The molecule has 2 aromatic rings. The maximum Gasteiger partial charge on any atom is 0.263 e. The van der Waals surface area contributed by atoms with E-state index in [-0.39, 0.29) is 5.91 Å². The van der Waals surface area contributed by atoms with Crippen LogP contribution in [0.2, 0.25) is 0 Å². The molecule has 1 amide bonds. The van der Waals surface area contributed by atoms with Gasteiger partial charge in [-0.2, -0.15) is 0 Å². The van der Waals surface area contributed by atoms with Gasteiger partial charge in [0.25, 0.3) is 5.91 Å². The maximum atomic E-state index is 11.9. The van der Waals surface area contributed by atoms with E-state index in [1.807, 2.05) is 6.07 Å². The zero-order valence-corrected chi connectivity index (χ0v) is 11.5. The molecule has 17 heavy (non-hydrogen) atoms. The number of hydrogen-bond acceptors (Lipinski definition) is 2. The van der Waals surface area contributed by atoms with E-state index in [2.05, 4.69) is 32.0 Å². The average Bonchev–Trinajstić information content (AvgIpc) is 2.69. The number of benzene rings is 1. The SMILES string of the molecule is CC(C)c1ccc2cc(C(=O)N(C)C)sc2c1. The van der Waals surface area contributed by atoms with Gasteiger partial charge in [0.05, 0.1) is 4.88 Å². The molecule has 0 aliphatic rings. The molecule has 1 heterocycles. The van der Waals surface area contributed by atoms with Crippen molar-refractivity contribution in [1.82, 2.24) is 4.90 Å². The smallest absolute Gasteiger partial charge is 0.263 e. The number of carbonyl (C=O) groups excluding carboxylic acids is 1. The highest BCUT2D eigenvalue weighted by Gasteiger charge is 2.12. The first-order valence-electron chi connectivity index (χ1n) is 5.74. The molecule has 0 saturated carbocycles. The Morgan fingerprint density at radius 2 is 1.94 bits per heavy atom. The van der Waals surface area contributed by atoms with Gasteiger partial charge in [-0.1, -0.05) is 26.0 Å². The third-order valence-corrected chi connectivity index (χ3v) is 3.91. The highest BCUT2D eigenvalue weighted by atomic mass is 32.1. The van der Waals surface area contributed by atoms with Gasteiger partial charge >= 0.3 is 0 Å². The summed E-state index contributed by atoms with van der Waals surface area (Å²) in [4.78, 5) is 14.3. The van der Waals surface area contributed by atoms with Crippen LogP contribution in [0.15, 0.2) is 24.3 Å². The van der Waals surface area contributed by atoms with Crippen molar-refractivity contribution in [3.05, 3.63) is 34.7 Å². The maximum absolute atomic E-state index is 11.9. The molecular formula is C14H17NOS. The van der Waals surface area contributed by atoms with Crippen LogP contribution in [0.1, 0.15) is 35.0 Å². The zero-order valence-electron chi connectivity index (χ0n) is 10.7. The summed E-state index contributed by atoms with van der Waals surface area (Å²) in [5, 5.41) is 1.16. The fourth-order valence-corrected chi connectivity index (χ4v) is 2.87. The molecule has 0 fully saturated rings. The lowest BCUT2D eigenvalue weighted by molar-refractivity contribution is 0.0832. The Morgan fingerprint density at radius 3 is 2.53 bits per heavy atom. The molecule has 1 aromatic carbocycles. The predicted octanol–water partition coefficient (Wildman–Crippen LogP) is 3.73. The third-order valence-electron chi connectivity index (χ3n) is 2.83. The molecular weight excluding hydrogens is 230 g/mol. The van der Waals surface area contributed by atoms with E-state index >= 15 is 0 Å². The monoisotopic (exact) mass is 247 g/mol. The van der Waals surface area contributed by atoms with Gasteiger partial charge in [-0.05, 0) is 29.0 Å². The van der Waals surface area contributed by atoms with Crippen molar-refractivity contribution in [3.63, 3.8) is 0 Å². The molecule has 0 saturated heterocycles. The Morgan fingerprint density at radius 1 is 1.24 bits per heavy atom. The molecule has 0 aliphatic carbocycles. The van der Waals surface area contributed by atoms with Crippen LogP contribution in [0.25, 0.3) is 10.1 Å². The number of rotatable bonds is 2. The minimum Gasteiger partial charge on any atom is -0.344 e. The van der Waals surface area contributed by atoms with Crippen molar-refractivity contribution < 1.29 is 4.79 Å². The lowest BCUT2D eigenvalue weighted by atomic mass is 10.0. The lowest BCUT2D eigenvalue weighted by Gasteiger charge is -2.06. The summed E-state index contributed by atoms with van der Waals surface area (Å²) in [5.74, 6) is 0.604. The van der Waals surface area contributed by atoms with Gasteiger partial charge < -0.3 is 4.90 Å². The van der Waals surface area contributed by atoms with Crippen LogP contribution < -0.4 is 0 Å². The molecule has 2 nitrogen and oxygen atoms in total. The fraction of sp³-hybridized carbons (Fsp3) is 0.357. The van der Waals surface area contributed by atoms with E-state index in [4.69, 9.17) is 0 Å². The largest absolute Gasteiger partial charge is 0.344 e. The highest BCUT2D eigenvalue weighted by Crippen LogP contribution is 2.29. The first kappa shape index (κ1) is 12.1. The van der Waals surface area contributed by atoms with E-state index in [1.54, 1.807) is 30.3 Å². The minimum absolute atomic E-state index is 0.0808. The molecule has 0 bridgehead atoms. The molecule has 0 aliphatic heterocycles. The Labute approximate surface area is 106 Å². The van der Waals surface area contributed by atoms with Gasteiger partial charge in [-0.25, -0.2) is 0 Å². The molecule has 3 heteroatoms. The zero-order chi connectivity index (χ0) is 12.6. The summed E-state index contributed by atoms with van der Waals surface area (Å²) in [7, 11) is 3.57. The highest BCUT2D eigenvalue weighted by molar-refractivity contribution is 7.20. The van der Waals surface area contributed by atoms with Gasteiger partial charge in [0.15, 0.2) is 0 Å². The van der Waals surface area contributed by atoms with Crippen LogP contribution in [0, 0.1) is 0 Å². The van der Waals surface area contributed by atoms with Gasteiger partial charge in [-0.15, -0.1) is 11.3 Å². The number of hydrogen-bond donors (Lipinski definition) is 0. The summed E-state index contributed by atoms with van der Waals surface area (Å²) < 4.78 is 1.20. The summed E-state index contributed by atoms with van der Waals surface area (Å²) in [6.07, 6.45) is 0. The topological polar surface area (TPSA) is 20.3 Å². The lowest BCUT2D eigenvalue weighted by Crippen LogP contribution is -2.20. The van der Waals surface area contributed by atoms with Crippen LogP contribution in [-0.4, -0.2) is 24.9 Å². The number of amides is 1. The van der Waals surface area contributed by atoms with Gasteiger partial charge in [-0.3, -0.25) is 4.79 Å². The quantitative estimate of drug-likeness (QED) is 0.792. The molecule has 90 valence electrons. The van der Waals surface area contributed by atoms with Crippen LogP contribution in [-0.2, 0) is 0 Å². The first-order valence-corrected chi connectivity index (χ1v) is 6.56. The Hall–Kier alpha value is -1.35. The average molecular weight is 247 g/mol. The first-order chi connectivity index (χ1) is 7.99. The molecule has 0 unspecified atom stereocenters. The summed E-state index contributed by atoms with van der Waals surface area (Å²) in [5.41, 5.74) is 1.32. The van der Waals surface area contributed by atoms with E-state index in [0.717, 1.165) is 10.3 Å². The van der Waals surface area contributed by atoms with Crippen molar-refractivity contribution in [1.29, 1.82) is 0 Å². The van der Waals surface area contributed by atoms with Gasteiger partial charge in [0, 0.05) is 18.8 Å². The Kier molecular flexibility index (Phi) is 3.20. The van der Waals surface area contributed by atoms with Gasteiger partial charge in [0.2, 0.25) is 0 Å². The number of carbonyl (C=O) groups is 1. The molecule has 0 N–H and O–H groups in total. The Balaban J connectivity index is 2.47. The normalized spacial score (nSPS) is 11.1.